The highest BCUT2D eigenvalue weighted by atomic mass is 32.2. The summed E-state index contributed by atoms with van der Waals surface area (Å²) in [5.74, 6) is -0.104. The van der Waals surface area contributed by atoms with Crippen molar-refractivity contribution in [2.24, 2.45) is 0 Å². The molecule has 0 atom stereocenters. The summed E-state index contributed by atoms with van der Waals surface area (Å²) >= 11 is 0. The minimum atomic E-state index is -3.64. The van der Waals surface area contributed by atoms with Crippen molar-refractivity contribution in [2.45, 2.75) is 71.1 Å². The van der Waals surface area contributed by atoms with Gasteiger partial charge in [-0.05, 0) is 52.7 Å². The summed E-state index contributed by atoms with van der Waals surface area (Å²) in [6.07, 6.45) is 1.57. The van der Waals surface area contributed by atoms with Gasteiger partial charge in [-0.3, -0.25) is 0 Å². The van der Waals surface area contributed by atoms with Gasteiger partial charge in [0.25, 0.3) is 0 Å². The molecule has 0 unspecified atom stereocenters. The molecule has 1 aromatic heterocycles. The van der Waals surface area contributed by atoms with E-state index in [1.54, 1.807) is 15.7 Å². The first-order chi connectivity index (χ1) is 13.6. The maximum atomic E-state index is 13.2. The minimum absolute atomic E-state index is 0.0379. The lowest BCUT2D eigenvalue weighted by atomic mass is 10.1. The number of hydrogen-bond acceptors (Lipinski definition) is 4. The molecule has 0 aliphatic rings. The molecule has 0 saturated heterocycles. The average molecular weight is 421 g/mol. The average Bonchev–Trinajstić information content (AvgIpc) is 3.06. The molecule has 1 N–H and O–H groups in total. The van der Waals surface area contributed by atoms with Gasteiger partial charge in [0.15, 0.2) is 0 Å². The number of carbonyl (C=O) groups excluding carboxylic acids is 1. The molecule has 2 amide bonds. The van der Waals surface area contributed by atoms with Crippen molar-refractivity contribution in [3.05, 3.63) is 47.3 Å². The van der Waals surface area contributed by atoms with E-state index in [0.29, 0.717) is 12.2 Å². The van der Waals surface area contributed by atoms with Crippen LogP contribution in [0.3, 0.4) is 0 Å². The van der Waals surface area contributed by atoms with Gasteiger partial charge in [-0.15, -0.1) is 0 Å². The smallest absolute Gasteiger partial charge is 0.317 e. The van der Waals surface area contributed by atoms with Crippen molar-refractivity contribution >= 4 is 15.9 Å². The molecule has 7 nitrogen and oxygen atoms in total. The summed E-state index contributed by atoms with van der Waals surface area (Å²) < 4.78 is 28.1. The van der Waals surface area contributed by atoms with Gasteiger partial charge in [-0.2, -0.15) is 0 Å². The number of amides is 2. The molecule has 0 aliphatic heterocycles. The molecule has 8 heteroatoms. The lowest BCUT2D eigenvalue weighted by Crippen LogP contribution is -2.43. The van der Waals surface area contributed by atoms with Crippen molar-refractivity contribution in [3.8, 4) is 0 Å². The standard InChI is InChI=1S/C21H32N4O3S/c1-7-22-20(26)24(15(2)3)13-19-12-23-21(25(19)16(4)5)29(27,28)14-18-11-9-8-10-17(18)6/h8-12,15-16H,7,13-14H2,1-6H3,(H,22,26). The number of aryl methyl sites for hydroxylation is 1. The van der Waals surface area contributed by atoms with Crippen LogP contribution in [-0.4, -0.2) is 41.5 Å². The van der Waals surface area contributed by atoms with Crippen LogP contribution >= 0.6 is 0 Å². The molecule has 0 fully saturated rings. The molecule has 160 valence electrons. The number of benzene rings is 1. The molecule has 2 rings (SSSR count). The summed E-state index contributed by atoms with van der Waals surface area (Å²) in [6.45, 7) is 12.3. The number of carbonyl (C=O) groups is 1. The van der Waals surface area contributed by atoms with Crippen molar-refractivity contribution in [3.63, 3.8) is 0 Å². The monoisotopic (exact) mass is 420 g/mol. The number of nitrogens with zero attached hydrogens (tertiary/aromatic N) is 3. The molecule has 2 aromatic rings. The van der Waals surface area contributed by atoms with Crippen LogP contribution in [0.1, 0.15) is 57.5 Å². The Bertz CT molecular complexity index is 949. The van der Waals surface area contributed by atoms with E-state index in [1.165, 1.54) is 0 Å². The van der Waals surface area contributed by atoms with E-state index >= 15 is 0 Å². The second-order valence-corrected chi connectivity index (χ2v) is 9.62. The Kier molecular flexibility index (Phi) is 7.46. The fourth-order valence-corrected chi connectivity index (χ4v) is 4.94. The van der Waals surface area contributed by atoms with Gasteiger partial charge in [-0.25, -0.2) is 18.2 Å². The molecular weight excluding hydrogens is 388 g/mol. The highest BCUT2D eigenvalue weighted by Gasteiger charge is 2.27. The lowest BCUT2D eigenvalue weighted by Gasteiger charge is -2.28. The second kappa shape index (κ2) is 9.43. The van der Waals surface area contributed by atoms with Crippen LogP contribution in [0.15, 0.2) is 35.6 Å². The van der Waals surface area contributed by atoms with Crippen molar-refractivity contribution in [1.29, 1.82) is 0 Å². The number of hydrogen-bond donors (Lipinski definition) is 1. The van der Waals surface area contributed by atoms with E-state index in [4.69, 9.17) is 0 Å². The van der Waals surface area contributed by atoms with Crippen LogP contribution in [0.25, 0.3) is 0 Å². The molecule has 1 heterocycles. The van der Waals surface area contributed by atoms with E-state index < -0.39 is 9.84 Å². The Morgan fingerprint density at radius 3 is 2.41 bits per heavy atom. The third-order valence-electron chi connectivity index (χ3n) is 4.79. The van der Waals surface area contributed by atoms with Crippen molar-refractivity contribution < 1.29 is 13.2 Å². The number of aromatic nitrogens is 2. The van der Waals surface area contributed by atoms with Crippen molar-refractivity contribution in [2.75, 3.05) is 6.54 Å². The highest BCUT2D eigenvalue weighted by Crippen LogP contribution is 2.24. The number of imidazole rings is 1. The first-order valence-corrected chi connectivity index (χ1v) is 11.6. The summed E-state index contributed by atoms with van der Waals surface area (Å²) in [6, 6.07) is 7.13. The van der Waals surface area contributed by atoms with E-state index in [0.717, 1.165) is 11.1 Å². The third kappa shape index (κ3) is 5.38. The Morgan fingerprint density at radius 2 is 1.86 bits per heavy atom. The van der Waals surface area contributed by atoms with Gasteiger partial charge < -0.3 is 14.8 Å². The normalized spacial score (nSPS) is 11.9. The maximum Gasteiger partial charge on any atom is 0.317 e. The van der Waals surface area contributed by atoms with Crippen LogP contribution in [0.2, 0.25) is 0 Å². The zero-order chi connectivity index (χ0) is 21.8. The molecule has 0 aliphatic carbocycles. The van der Waals surface area contributed by atoms with Gasteiger partial charge in [0.05, 0.1) is 24.2 Å². The predicted molar refractivity (Wildman–Crippen MR) is 114 cm³/mol. The zero-order valence-electron chi connectivity index (χ0n) is 18.1. The summed E-state index contributed by atoms with van der Waals surface area (Å²) in [4.78, 5) is 18.4. The first-order valence-electron chi connectivity index (χ1n) is 9.96. The number of rotatable bonds is 8. The van der Waals surface area contributed by atoms with Crippen LogP contribution in [-0.2, 0) is 22.1 Å². The van der Waals surface area contributed by atoms with E-state index in [-0.39, 0.29) is 35.6 Å². The van der Waals surface area contributed by atoms with Crippen LogP contribution in [0.4, 0.5) is 4.79 Å². The number of nitrogens with one attached hydrogen (secondary N) is 1. The van der Waals surface area contributed by atoms with E-state index in [1.807, 2.05) is 65.8 Å². The predicted octanol–water partition coefficient (Wildman–Crippen LogP) is 3.69. The topological polar surface area (TPSA) is 84.3 Å². The second-order valence-electron chi connectivity index (χ2n) is 7.74. The Hall–Kier alpha value is -2.35. The first kappa shape index (κ1) is 22.9. The van der Waals surface area contributed by atoms with Gasteiger partial charge in [-0.1, -0.05) is 24.3 Å². The summed E-state index contributed by atoms with van der Waals surface area (Å²) in [5.41, 5.74) is 2.39. The van der Waals surface area contributed by atoms with Gasteiger partial charge in [0.1, 0.15) is 0 Å². The lowest BCUT2D eigenvalue weighted by molar-refractivity contribution is 0.178. The SMILES string of the molecule is CCNC(=O)N(Cc1cnc(S(=O)(=O)Cc2ccccc2C)n1C(C)C)C(C)C. The fourth-order valence-electron chi connectivity index (χ4n) is 3.23. The van der Waals surface area contributed by atoms with Gasteiger partial charge in [0, 0.05) is 18.6 Å². The third-order valence-corrected chi connectivity index (χ3v) is 6.33. The fraction of sp³-hybridized carbons (Fsp3) is 0.524. The summed E-state index contributed by atoms with van der Waals surface area (Å²) in [5, 5.41) is 2.86. The van der Waals surface area contributed by atoms with E-state index in [9.17, 15) is 13.2 Å². The molecular formula is C21H32N4O3S. The highest BCUT2D eigenvalue weighted by molar-refractivity contribution is 7.90. The molecule has 29 heavy (non-hydrogen) atoms. The molecule has 0 spiro atoms. The van der Waals surface area contributed by atoms with Gasteiger partial charge >= 0.3 is 6.03 Å². The van der Waals surface area contributed by atoms with Crippen LogP contribution in [0, 0.1) is 6.92 Å². The van der Waals surface area contributed by atoms with Gasteiger partial charge in [0.2, 0.25) is 15.0 Å². The van der Waals surface area contributed by atoms with Crippen LogP contribution in [0.5, 0.6) is 0 Å². The van der Waals surface area contributed by atoms with E-state index in [2.05, 4.69) is 10.3 Å². The zero-order valence-corrected chi connectivity index (χ0v) is 19.0. The summed E-state index contributed by atoms with van der Waals surface area (Å²) in [7, 11) is -3.64. The Balaban J connectivity index is 2.42. The molecule has 0 radical (unpaired) electrons. The maximum absolute atomic E-state index is 13.2. The Labute approximate surface area is 174 Å². The number of sulfone groups is 1. The van der Waals surface area contributed by atoms with Crippen molar-refractivity contribution in [1.82, 2.24) is 19.8 Å². The molecule has 1 aromatic carbocycles. The minimum Gasteiger partial charge on any atom is -0.338 e. The molecule has 0 bridgehead atoms. The molecule has 0 saturated carbocycles. The largest absolute Gasteiger partial charge is 0.338 e. The van der Waals surface area contributed by atoms with Crippen LogP contribution < -0.4 is 5.32 Å². The number of urea groups is 1. The quantitative estimate of drug-likeness (QED) is 0.706. The Morgan fingerprint density at radius 1 is 1.21 bits per heavy atom.